The van der Waals surface area contributed by atoms with Crippen LogP contribution >= 0.6 is 23.2 Å². The van der Waals surface area contributed by atoms with E-state index in [2.05, 4.69) is 25.2 Å². The van der Waals surface area contributed by atoms with Crippen molar-refractivity contribution in [2.24, 2.45) is 0 Å². The molecule has 0 aliphatic carbocycles. The van der Waals surface area contributed by atoms with Crippen LogP contribution in [0.2, 0.25) is 10.3 Å². The van der Waals surface area contributed by atoms with Crippen molar-refractivity contribution in [1.29, 1.82) is 0 Å². The van der Waals surface area contributed by atoms with Crippen LogP contribution in [0.4, 0.5) is 10.2 Å². The number of hydrogen-bond acceptors (Lipinski definition) is 6. The number of hydrogen-bond donors (Lipinski definition) is 1. The number of aromatic nitrogens is 3. The highest BCUT2D eigenvalue weighted by Crippen LogP contribution is 2.38. The van der Waals surface area contributed by atoms with E-state index in [1.165, 1.54) is 13.2 Å². The van der Waals surface area contributed by atoms with Crippen molar-refractivity contribution in [2.75, 3.05) is 38.2 Å². The van der Waals surface area contributed by atoms with Gasteiger partial charge in [-0.1, -0.05) is 17.7 Å². The van der Waals surface area contributed by atoms with Crippen molar-refractivity contribution in [3.05, 3.63) is 40.4 Å². The van der Waals surface area contributed by atoms with E-state index in [-0.39, 0.29) is 21.6 Å². The summed E-state index contributed by atoms with van der Waals surface area (Å²) >= 11 is 12.6. The normalized spacial score (nSPS) is 14.6. The lowest BCUT2D eigenvalue weighted by Gasteiger charge is -2.29. The van der Waals surface area contributed by atoms with E-state index in [0.717, 1.165) is 26.2 Å². The molecule has 1 saturated heterocycles. The third-order valence-corrected chi connectivity index (χ3v) is 4.90. The number of rotatable bonds is 3. The van der Waals surface area contributed by atoms with Gasteiger partial charge in [-0.3, -0.25) is 0 Å². The number of pyridine rings is 1. The first kappa shape index (κ1) is 18.2. The van der Waals surface area contributed by atoms with Gasteiger partial charge in [0, 0.05) is 26.2 Å². The molecule has 0 saturated carbocycles. The van der Waals surface area contributed by atoms with E-state index in [9.17, 15) is 4.39 Å². The van der Waals surface area contributed by atoms with Gasteiger partial charge in [0.1, 0.15) is 17.4 Å². The Bertz CT molecular complexity index is 1010. The summed E-state index contributed by atoms with van der Waals surface area (Å²) in [6.45, 7) is 3.25. The highest BCUT2D eigenvalue weighted by Gasteiger charge is 2.22. The molecule has 4 rings (SSSR count). The summed E-state index contributed by atoms with van der Waals surface area (Å²) in [4.78, 5) is 15.2. The molecule has 3 heterocycles. The second kappa shape index (κ2) is 7.42. The van der Waals surface area contributed by atoms with Crippen LogP contribution < -0.4 is 15.0 Å². The van der Waals surface area contributed by atoms with Gasteiger partial charge in [-0.2, -0.15) is 9.97 Å². The smallest absolute Gasteiger partial charge is 0.226 e. The number of ether oxygens (including phenoxy) is 1. The fourth-order valence-corrected chi connectivity index (χ4v) is 3.59. The van der Waals surface area contributed by atoms with E-state index in [0.29, 0.717) is 22.6 Å². The summed E-state index contributed by atoms with van der Waals surface area (Å²) in [5, 5.41) is 4.33. The molecular weight excluding hydrogens is 392 g/mol. The molecule has 0 unspecified atom stereocenters. The van der Waals surface area contributed by atoms with Gasteiger partial charge in [0.25, 0.3) is 0 Å². The van der Waals surface area contributed by atoms with Crippen LogP contribution in [0.3, 0.4) is 0 Å². The molecule has 0 atom stereocenters. The lowest BCUT2D eigenvalue weighted by atomic mass is 10.1. The molecule has 2 aromatic heterocycles. The topological polar surface area (TPSA) is 63.2 Å². The number of nitrogens with zero attached hydrogens (tertiary/aromatic N) is 4. The van der Waals surface area contributed by atoms with Gasteiger partial charge >= 0.3 is 0 Å². The highest BCUT2D eigenvalue weighted by molar-refractivity contribution is 6.34. The first-order chi connectivity index (χ1) is 13.1. The van der Waals surface area contributed by atoms with Crippen LogP contribution in [0, 0.1) is 5.82 Å². The zero-order chi connectivity index (χ0) is 19.0. The Morgan fingerprint density at radius 1 is 1.15 bits per heavy atom. The number of anilines is 1. The lowest BCUT2D eigenvalue weighted by Crippen LogP contribution is -2.44. The molecule has 0 radical (unpaired) electrons. The standard InChI is InChI=1S/C18H16Cl2FN5O/c1-27-13-4-2-3-12(21)14(13)15-11(19)9-10-16(23-15)24-18(20)25-17(10)26-7-5-22-6-8-26/h2-4,9,22H,5-8H2,1H3. The minimum Gasteiger partial charge on any atom is -0.496 e. The number of nitrogens with one attached hydrogen (secondary N) is 1. The zero-order valence-electron chi connectivity index (χ0n) is 14.5. The molecule has 1 aliphatic rings. The van der Waals surface area contributed by atoms with Crippen molar-refractivity contribution < 1.29 is 9.13 Å². The van der Waals surface area contributed by atoms with Crippen molar-refractivity contribution in [2.45, 2.75) is 0 Å². The second-order valence-corrected chi connectivity index (χ2v) is 6.81. The maximum absolute atomic E-state index is 14.5. The van der Waals surface area contributed by atoms with Crippen molar-refractivity contribution >= 4 is 40.1 Å². The summed E-state index contributed by atoms with van der Waals surface area (Å²) in [6.07, 6.45) is 0. The van der Waals surface area contributed by atoms with E-state index in [1.807, 2.05) is 0 Å². The molecule has 3 aromatic rings. The van der Waals surface area contributed by atoms with Crippen LogP contribution in [0.25, 0.3) is 22.3 Å². The summed E-state index contributed by atoms with van der Waals surface area (Å²) in [7, 11) is 1.47. The summed E-state index contributed by atoms with van der Waals surface area (Å²) in [5.41, 5.74) is 0.791. The van der Waals surface area contributed by atoms with Crippen molar-refractivity contribution in [1.82, 2.24) is 20.3 Å². The van der Waals surface area contributed by atoms with Gasteiger partial charge in [-0.25, -0.2) is 9.37 Å². The van der Waals surface area contributed by atoms with Gasteiger partial charge in [-0.05, 0) is 29.8 Å². The number of piperazine rings is 1. The molecule has 1 N–H and O–H groups in total. The molecule has 0 spiro atoms. The zero-order valence-corrected chi connectivity index (χ0v) is 16.0. The number of benzene rings is 1. The predicted octanol–water partition coefficient (Wildman–Crippen LogP) is 3.56. The molecule has 6 nitrogen and oxygen atoms in total. The summed E-state index contributed by atoms with van der Waals surface area (Å²) in [5.74, 6) is 0.532. The Hall–Kier alpha value is -2.22. The molecule has 0 amide bonds. The molecule has 1 aliphatic heterocycles. The molecule has 27 heavy (non-hydrogen) atoms. The Kier molecular flexibility index (Phi) is 4.99. The predicted molar refractivity (Wildman–Crippen MR) is 104 cm³/mol. The lowest BCUT2D eigenvalue weighted by molar-refractivity contribution is 0.413. The number of halogens is 3. The molecule has 0 bridgehead atoms. The Morgan fingerprint density at radius 2 is 1.93 bits per heavy atom. The van der Waals surface area contributed by atoms with E-state index in [4.69, 9.17) is 27.9 Å². The van der Waals surface area contributed by atoms with Gasteiger partial charge in [0.15, 0.2) is 5.65 Å². The summed E-state index contributed by atoms with van der Waals surface area (Å²) < 4.78 is 19.8. The Balaban J connectivity index is 1.93. The van der Waals surface area contributed by atoms with Gasteiger partial charge < -0.3 is 15.0 Å². The monoisotopic (exact) mass is 407 g/mol. The average Bonchev–Trinajstić information content (AvgIpc) is 2.68. The van der Waals surface area contributed by atoms with Crippen LogP contribution in [0.1, 0.15) is 0 Å². The third-order valence-electron chi connectivity index (χ3n) is 4.44. The fraction of sp³-hybridized carbons (Fsp3) is 0.278. The molecule has 9 heteroatoms. The minimum absolute atomic E-state index is 0.0808. The molecular formula is C18H16Cl2FN5O. The SMILES string of the molecule is COc1cccc(F)c1-c1nc2nc(Cl)nc(N3CCNCC3)c2cc1Cl. The fourth-order valence-electron chi connectivity index (χ4n) is 3.19. The van der Waals surface area contributed by atoms with Gasteiger partial charge in [0.2, 0.25) is 5.28 Å². The molecule has 1 fully saturated rings. The van der Waals surface area contributed by atoms with Crippen LogP contribution in [0.5, 0.6) is 5.75 Å². The first-order valence-corrected chi connectivity index (χ1v) is 9.16. The van der Waals surface area contributed by atoms with Crippen molar-refractivity contribution in [3.63, 3.8) is 0 Å². The van der Waals surface area contributed by atoms with Gasteiger partial charge in [-0.15, -0.1) is 0 Å². The van der Waals surface area contributed by atoms with Gasteiger partial charge in [0.05, 0.1) is 28.8 Å². The Labute approximate surface area is 165 Å². The van der Waals surface area contributed by atoms with E-state index >= 15 is 0 Å². The second-order valence-electron chi connectivity index (χ2n) is 6.06. The van der Waals surface area contributed by atoms with Crippen molar-refractivity contribution in [3.8, 4) is 17.0 Å². The molecule has 140 valence electrons. The first-order valence-electron chi connectivity index (χ1n) is 8.41. The van der Waals surface area contributed by atoms with E-state index in [1.54, 1.807) is 18.2 Å². The molecule has 1 aromatic carbocycles. The number of fused-ring (bicyclic) bond motifs is 1. The van der Waals surface area contributed by atoms with E-state index < -0.39 is 5.82 Å². The Morgan fingerprint density at radius 3 is 2.67 bits per heavy atom. The number of methoxy groups -OCH3 is 1. The maximum atomic E-state index is 14.5. The average molecular weight is 408 g/mol. The summed E-state index contributed by atoms with van der Waals surface area (Å²) in [6, 6.07) is 6.26. The van der Waals surface area contributed by atoms with Crippen LogP contribution in [-0.2, 0) is 0 Å². The largest absolute Gasteiger partial charge is 0.496 e. The quantitative estimate of drug-likeness (QED) is 0.669. The van der Waals surface area contributed by atoms with Crippen LogP contribution in [0.15, 0.2) is 24.3 Å². The maximum Gasteiger partial charge on any atom is 0.226 e. The minimum atomic E-state index is -0.481. The highest BCUT2D eigenvalue weighted by atomic mass is 35.5. The third kappa shape index (κ3) is 3.38. The van der Waals surface area contributed by atoms with Crippen LogP contribution in [-0.4, -0.2) is 48.2 Å².